The number of nitro benzene ring substituents is 1. The van der Waals surface area contributed by atoms with Gasteiger partial charge in [-0.2, -0.15) is 0 Å². The number of amides is 1. The number of phenols is 1. The zero-order chi connectivity index (χ0) is 13.1. The van der Waals surface area contributed by atoms with Crippen LogP contribution in [-0.4, -0.2) is 22.0 Å². The molecular formula is C12H14N2O4. The van der Waals surface area contributed by atoms with Crippen LogP contribution < -0.4 is 5.32 Å². The molecule has 2 N–H and O–H groups in total. The second kappa shape index (κ2) is 5.03. The molecule has 1 aliphatic carbocycles. The van der Waals surface area contributed by atoms with Crippen molar-refractivity contribution in [1.29, 1.82) is 0 Å². The van der Waals surface area contributed by atoms with Gasteiger partial charge in [0, 0.05) is 12.1 Å². The van der Waals surface area contributed by atoms with Crippen molar-refractivity contribution in [3.63, 3.8) is 0 Å². The van der Waals surface area contributed by atoms with Gasteiger partial charge in [0.25, 0.3) is 11.6 Å². The molecule has 0 radical (unpaired) electrons. The Labute approximate surface area is 104 Å². The summed E-state index contributed by atoms with van der Waals surface area (Å²) in [7, 11) is 0. The number of hydrogen-bond donors (Lipinski definition) is 2. The number of carbonyl (C=O) groups excluding carboxylic acids is 1. The molecule has 1 aromatic rings. The highest BCUT2D eigenvalue weighted by molar-refractivity contribution is 5.98. The molecular weight excluding hydrogens is 236 g/mol. The van der Waals surface area contributed by atoms with Gasteiger partial charge in [0.1, 0.15) is 11.3 Å². The summed E-state index contributed by atoms with van der Waals surface area (Å²) in [6, 6.07) is 3.55. The van der Waals surface area contributed by atoms with E-state index in [1.807, 2.05) is 0 Å². The van der Waals surface area contributed by atoms with Gasteiger partial charge in [-0.1, -0.05) is 12.8 Å². The van der Waals surface area contributed by atoms with Crippen LogP contribution in [0.1, 0.15) is 36.0 Å². The van der Waals surface area contributed by atoms with Crippen molar-refractivity contribution in [1.82, 2.24) is 5.32 Å². The van der Waals surface area contributed by atoms with Gasteiger partial charge in [-0.3, -0.25) is 14.9 Å². The molecule has 1 aromatic carbocycles. The first-order valence-corrected chi connectivity index (χ1v) is 5.86. The van der Waals surface area contributed by atoms with E-state index in [0.717, 1.165) is 37.8 Å². The van der Waals surface area contributed by atoms with Crippen molar-refractivity contribution >= 4 is 11.6 Å². The molecule has 1 saturated carbocycles. The lowest BCUT2D eigenvalue weighted by molar-refractivity contribution is -0.385. The summed E-state index contributed by atoms with van der Waals surface area (Å²) in [6.45, 7) is 0. The van der Waals surface area contributed by atoms with Gasteiger partial charge in [-0.25, -0.2) is 0 Å². The van der Waals surface area contributed by atoms with Crippen molar-refractivity contribution in [2.45, 2.75) is 31.7 Å². The maximum Gasteiger partial charge on any atom is 0.282 e. The number of nitro groups is 1. The highest BCUT2D eigenvalue weighted by Gasteiger charge is 2.24. The molecule has 96 valence electrons. The Bertz CT molecular complexity index is 481. The molecule has 0 heterocycles. The highest BCUT2D eigenvalue weighted by atomic mass is 16.6. The molecule has 6 heteroatoms. The van der Waals surface area contributed by atoms with Crippen molar-refractivity contribution in [3.8, 4) is 5.75 Å². The predicted molar refractivity (Wildman–Crippen MR) is 64.5 cm³/mol. The summed E-state index contributed by atoms with van der Waals surface area (Å²) in [6.07, 6.45) is 3.93. The Morgan fingerprint density at radius 2 is 2.06 bits per heavy atom. The maximum absolute atomic E-state index is 12.0. The van der Waals surface area contributed by atoms with E-state index in [0.29, 0.717) is 0 Å². The lowest BCUT2D eigenvalue weighted by Gasteiger charge is -2.12. The summed E-state index contributed by atoms with van der Waals surface area (Å²) in [5, 5.41) is 22.9. The number of aromatic hydroxyl groups is 1. The van der Waals surface area contributed by atoms with Crippen LogP contribution in [0.3, 0.4) is 0 Å². The molecule has 0 aromatic heterocycles. The molecule has 0 aliphatic heterocycles. The predicted octanol–water partition coefficient (Wildman–Crippen LogP) is 1.97. The minimum absolute atomic E-state index is 0.0828. The van der Waals surface area contributed by atoms with Crippen LogP contribution in [0.25, 0.3) is 0 Å². The molecule has 1 fully saturated rings. The largest absolute Gasteiger partial charge is 0.508 e. The summed E-state index contributed by atoms with van der Waals surface area (Å²) in [4.78, 5) is 22.1. The number of benzene rings is 1. The minimum Gasteiger partial charge on any atom is -0.508 e. The van der Waals surface area contributed by atoms with Crippen LogP contribution in [0, 0.1) is 10.1 Å². The topological polar surface area (TPSA) is 92.5 Å². The van der Waals surface area contributed by atoms with Crippen molar-refractivity contribution in [2.24, 2.45) is 0 Å². The second-order valence-electron chi connectivity index (χ2n) is 4.41. The highest BCUT2D eigenvalue weighted by Crippen LogP contribution is 2.24. The quantitative estimate of drug-likeness (QED) is 0.633. The number of nitrogens with one attached hydrogen (secondary N) is 1. The molecule has 18 heavy (non-hydrogen) atoms. The van der Waals surface area contributed by atoms with Crippen molar-refractivity contribution < 1.29 is 14.8 Å². The van der Waals surface area contributed by atoms with Gasteiger partial charge in [0.05, 0.1) is 4.92 Å². The number of nitrogens with zero attached hydrogens (tertiary/aromatic N) is 1. The van der Waals surface area contributed by atoms with Gasteiger partial charge in [-0.15, -0.1) is 0 Å². The van der Waals surface area contributed by atoms with Crippen LogP contribution in [-0.2, 0) is 0 Å². The molecule has 1 amide bonds. The zero-order valence-electron chi connectivity index (χ0n) is 9.76. The number of rotatable bonds is 3. The average Bonchev–Trinajstić information content (AvgIpc) is 2.81. The summed E-state index contributed by atoms with van der Waals surface area (Å²) in [5.41, 5.74) is -0.379. The van der Waals surface area contributed by atoms with E-state index in [9.17, 15) is 20.0 Å². The van der Waals surface area contributed by atoms with E-state index in [1.165, 1.54) is 6.07 Å². The van der Waals surface area contributed by atoms with Gasteiger partial charge >= 0.3 is 0 Å². The Morgan fingerprint density at radius 3 is 2.67 bits per heavy atom. The van der Waals surface area contributed by atoms with Crippen molar-refractivity contribution in [3.05, 3.63) is 33.9 Å². The van der Waals surface area contributed by atoms with E-state index in [1.54, 1.807) is 0 Å². The maximum atomic E-state index is 12.0. The summed E-state index contributed by atoms with van der Waals surface area (Å²) in [5.74, 6) is -0.651. The number of phenolic OH excluding ortho intramolecular Hbond substituents is 1. The van der Waals surface area contributed by atoms with Crippen molar-refractivity contribution in [2.75, 3.05) is 0 Å². The van der Waals surface area contributed by atoms with Gasteiger partial charge in [0.15, 0.2) is 0 Å². The standard InChI is InChI=1S/C12H14N2O4/c15-9-5-6-11(14(17)18)10(7-9)12(16)13-8-3-1-2-4-8/h5-8,15H,1-4H2,(H,13,16). The minimum atomic E-state index is -0.622. The molecule has 0 atom stereocenters. The van der Waals surface area contributed by atoms with Gasteiger partial charge < -0.3 is 10.4 Å². The van der Waals surface area contributed by atoms with E-state index >= 15 is 0 Å². The first kappa shape index (κ1) is 12.3. The molecule has 6 nitrogen and oxygen atoms in total. The first-order valence-electron chi connectivity index (χ1n) is 5.86. The Kier molecular flexibility index (Phi) is 3.45. The monoisotopic (exact) mass is 250 g/mol. The molecule has 0 spiro atoms. The molecule has 1 aliphatic rings. The lowest BCUT2D eigenvalue weighted by Crippen LogP contribution is -2.32. The number of hydrogen-bond acceptors (Lipinski definition) is 4. The van der Waals surface area contributed by atoms with E-state index < -0.39 is 10.8 Å². The van der Waals surface area contributed by atoms with Gasteiger partial charge in [-0.05, 0) is 25.0 Å². The van der Waals surface area contributed by atoms with Gasteiger partial charge in [0.2, 0.25) is 0 Å². The van der Waals surface area contributed by atoms with Crippen LogP contribution in [0.15, 0.2) is 18.2 Å². The fourth-order valence-corrected chi connectivity index (χ4v) is 2.20. The first-order chi connectivity index (χ1) is 8.58. The van der Waals surface area contributed by atoms with E-state index in [-0.39, 0.29) is 23.0 Å². The van der Waals surface area contributed by atoms with Crippen LogP contribution in [0.5, 0.6) is 5.75 Å². The summed E-state index contributed by atoms with van der Waals surface area (Å²) < 4.78 is 0. The summed E-state index contributed by atoms with van der Waals surface area (Å²) >= 11 is 0. The third kappa shape index (κ3) is 2.58. The Morgan fingerprint density at radius 1 is 1.39 bits per heavy atom. The molecule has 2 rings (SSSR count). The number of carbonyl (C=O) groups is 1. The molecule has 0 bridgehead atoms. The van der Waals surface area contributed by atoms with Crippen LogP contribution in [0.4, 0.5) is 5.69 Å². The van der Waals surface area contributed by atoms with E-state index in [4.69, 9.17) is 0 Å². The molecule has 0 unspecified atom stereocenters. The Hall–Kier alpha value is -2.11. The van der Waals surface area contributed by atoms with Crippen LogP contribution >= 0.6 is 0 Å². The second-order valence-corrected chi connectivity index (χ2v) is 4.41. The lowest BCUT2D eigenvalue weighted by atomic mass is 10.1. The Balaban J connectivity index is 2.22. The smallest absolute Gasteiger partial charge is 0.282 e. The van der Waals surface area contributed by atoms with Crippen LogP contribution in [0.2, 0.25) is 0 Å². The average molecular weight is 250 g/mol. The zero-order valence-corrected chi connectivity index (χ0v) is 9.76. The fraction of sp³-hybridized carbons (Fsp3) is 0.417. The SMILES string of the molecule is O=C(NC1CCCC1)c1cc(O)ccc1[N+](=O)[O-]. The third-order valence-corrected chi connectivity index (χ3v) is 3.11. The fourth-order valence-electron chi connectivity index (χ4n) is 2.20. The third-order valence-electron chi connectivity index (χ3n) is 3.11. The van der Waals surface area contributed by atoms with E-state index in [2.05, 4.69) is 5.32 Å². The normalized spacial score (nSPS) is 15.6. The molecule has 0 saturated heterocycles.